The van der Waals surface area contributed by atoms with Gasteiger partial charge in [-0.3, -0.25) is 4.79 Å². The first kappa shape index (κ1) is 26.1. The summed E-state index contributed by atoms with van der Waals surface area (Å²) >= 11 is 0. The van der Waals surface area contributed by atoms with E-state index in [1.807, 2.05) is 67.1 Å². The van der Waals surface area contributed by atoms with Crippen molar-refractivity contribution in [3.63, 3.8) is 0 Å². The quantitative estimate of drug-likeness (QED) is 0.268. The molecule has 0 saturated heterocycles. The van der Waals surface area contributed by atoms with E-state index >= 15 is 0 Å². The van der Waals surface area contributed by atoms with Crippen molar-refractivity contribution in [3.05, 3.63) is 109 Å². The molecule has 0 bridgehead atoms. The van der Waals surface area contributed by atoms with E-state index in [4.69, 9.17) is 5.73 Å². The summed E-state index contributed by atoms with van der Waals surface area (Å²) in [6, 6.07) is 14.6. The standard InChI is InChI=1S/C29H33F2N3O/c1-5-27(35)34(16-10-15-32)28(29(3,4)6-2)26-17-22(24-18-23(30)13-14-25(24)31)20-33(26)19-21-11-8-7-9-12-21/h5-9,11-14,17-18,20,28H,1-2,10,15-16,19,32H2,3-4H3. The van der Waals surface area contributed by atoms with Gasteiger partial charge in [0.05, 0.1) is 6.04 Å². The van der Waals surface area contributed by atoms with Gasteiger partial charge in [0, 0.05) is 41.5 Å². The SMILES string of the molecule is C=CC(=O)N(CCCN)C(c1cc(-c2cc(F)ccc2F)cn1Cc1ccccc1)C(C)(C)C=C. The van der Waals surface area contributed by atoms with Gasteiger partial charge in [0.15, 0.2) is 0 Å². The van der Waals surface area contributed by atoms with Crippen LogP contribution < -0.4 is 5.73 Å². The van der Waals surface area contributed by atoms with Crippen molar-refractivity contribution in [1.82, 2.24) is 9.47 Å². The smallest absolute Gasteiger partial charge is 0.246 e. The molecular weight excluding hydrogens is 444 g/mol. The zero-order valence-electron chi connectivity index (χ0n) is 20.4. The van der Waals surface area contributed by atoms with Gasteiger partial charge in [-0.25, -0.2) is 8.78 Å². The molecule has 3 aromatic rings. The lowest BCUT2D eigenvalue weighted by atomic mass is 9.81. The minimum absolute atomic E-state index is 0.164. The average Bonchev–Trinajstić information content (AvgIpc) is 3.25. The zero-order chi connectivity index (χ0) is 25.6. The van der Waals surface area contributed by atoms with Crippen LogP contribution in [0.3, 0.4) is 0 Å². The topological polar surface area (TPSA) is 51.3 Å². The highest BCUT2D eigenvalue weighted by atomic mass is 19.1. The molecule has 1 unspecified atom stereocenters. The van der Waals surface area contributed by atoms with E-state index < -0.39 is 23.1 Å². The van der Waals surface area contributed by atoms with Crippen LogP contribution in [0.5, 0.6) is 0 Å². The Morgan fingerprint density at radius 1 is 1.14 bits per heavy atom. The van der Waals surface area contributed by atoms with E-state index in [1.165, 1.54) is 12.1 Å². The lowest BCUT2D eigenvalue weighted by Crippen LogP contribution is -2.42. The number of hydrogen-bond donors (Lipinski definition) is 1. The number of hydrogen-bond acceptors (Lipinski definition) is 2. The number of benzene rings is 2. The van der Waals surface area contributed by atoms with Crippen molar-refractivity contribution in [1.29, 1.82) is 0 Å². The summed E-state index contributed by atoms with van der Waals surface area (Å²) < 4.78 is 30.8. The van der Waals surface area contributed by atoms with Crippen LogP contribution in [0.25, 0.3) is 11.1 Å². The number of carbonyl (C=O) groups is 1. The molecule has 0 radical (unpaired) electrons. The minimum atomic E-state index is -0.558. The molecule has 2 aromatic carbocycles. The summed E-state index contributed by atoms with van der Waals surface area (Å²) in [6.45, 7) is 13.0. The van der Waals surface area contributed by atoms with E-state index in [2.05, 4.69) is 13.2 Å². The Balaban J connectivity index is 2.25. The molecule has 1 heterocycles. The Morgan fingerprint density at radius 3 is 2.49 bits per heavy atom. The van der Waals surface area contributed by atoms with Crippen molar-refractivity contribution >= 4 is 5.91 Å². The highest BCUT2D eigenvalue weighted by Crippen LogP contribution is 2.42. The fourth-order valence-electron chi connectivity index (χ4n) is 4.34. The van der Waals surface area contributed by atoms with Crippen LogP contribution in [-0.4, -0.2) is 28.5 Å². The van der Waals surface area contributed by atoms with Crippen molar-refractivity contribution in [2.75, 3.05) is 13.1 Å². The van der Waals surface area contributed by atoms with Crippen LogP contribution >= 0.6 is 0 Å². The third-order valence-electron chi connectivity index (χ3n) is 6.25. The molecule has 6 heteroatoms. The Labute approximate surface area is 206 Å². The van der Waals surface area contributed by atoms with Gasteiger partial charge in [0.1, 0.15) is 11.6 Å². The van der Waals surface area contributed by atoms with Crippen LogP contribution in [0.1, 0.15) is 37.6 Å². The molecule has 3 rings (SSSR count). The van der Waals surface area contributed by atoms with E-state index in [1.54, 1.807) is 4.90 Å². The maximum atomic E-state index is 14.7. The molecule has 0 fully saturated rings. The molecule has 35 heavy (non-hydrogen) atoms. The van der Waals surface area contributed by atoms with E-state index in [9.17, 15) is 13.6 Å². The zero-order valence-corrected chi connectivity index (χ0v) is 20.4. The molecule has 1 atom stereocenters. The molecular formula is C29H33F2N3O. The summed E-state index contributed by atoms with van der Waals surface area (Å²) in [5.41, 5.74) is 7.73. The molecule has 0 saturated carbocycles. The van der Waals surface area contributed by atoms with Crippen LogP contribution in [0, 0.1) is 17.0 Å². The lowest BCUT2D eigenvalue weighted by Gasteiger charge is -2.41. The van der Waals surface area contributed by atoms with Gasteiger partial charge in [0.25, 0.3) is 0 Å². The van der Waals surface area contributed by atoms with Gasteiger partial charge in [-0.1, -0.05) is 56.8 Å². The first-order valence-electron chi connectivity index (χ1n) is 11.7. The van der Waals surface area contributed by atoms with E-state index in [0.29, 0.717) is 31.6 Å². The van der Waals surface area contributed by atoms with Gasteiger partial charge in [0.2, 0.25) is 5.91 Å². The number of nitrogens with zero attached hydrogens (tertiary/aromatic N) is 2. The van der Waals surface area contributed by atoms with Gasteiger partial charge in [-0.15, -0.1) is 6.58 Å². The lowest BCUT2D eigenvalue weighted by molar-refractivity contribution is -0.130. The second-order valence-corrected chi connectivity index (χ2v) is 9.20. The van der Waals surface area contributed by atoms with Gasteiger partial charge in [-0.2, -0.15) is 0 Å². The summed E-state index contributed by atoms with van der Waals surface area (Å²) in [5.74, 6) is -1.27. The number of amides is 1. The van der Waals surface area contributed by atoms with Gasteiger partial charge < -0.3 is 15.2 Å². The fourth-order valence-corrected chi connectivity index (χ4v) is 4.34. The molecule has 0 spiro atoms. The Morgan fingerprint density at radius 2 is 1.86 bits per heavy atom. The normalized spacial score (nSPS) is 12.3. The predicted molar refractivity (Wildman–Crippen MR) is 138 cm³/mol. The highest BCUT2D eigenvalue weighted by Gasteiger charge is 2.37. The summed E-state index contributed by atoms with van der Waals surface area (Å²) in [6.07, 6.45) is 5.52. The van der Waals surface area contributed by atoms with Crippen LogP contribution in [0.15, 0.2) is 86.1 Å². The Hall–Kier alpha value is -3.51. The molecule has 1 amide bonds. The maximum Gasteiger partial charge on any atom is 0.246 e. The second kappa shape index (κ2) is 11.3. The minimum Gasteiger partial charge on any atom is -0.344 e. The summed E-state index contributed by atoms with van der Waals surface area (Å²) in [5, 5.41) is 0. The third-order valence-corrected chi connectivity index (χ3v) is 6.25. The molecule has 2 N–H and O–H groups in total. The molecule has 0 aliphatic carbocycles. The second-order valence-electron chi connectivity index (χ2n) is 9.20. The Bertz CT molecular complexity index is 1180. The van der Waals surface area contributed by atoms with E-state index in [0.717, 1.165) is 23.4 Å². The van der Waals surface area contributed by atoms with Crippen molar-refractivity contribution < 1.29 is 13.6 Å². The van der Waals surface area contributed by atoms with Crippen LogP contribution in [0.4, 0.5) is 8.78 Å². The maximum absolute atomic E-state index is 14.7. The van der Waals surface area contributed by atoms with Crippen LogP contribution in [0.2, 0.25) is 0 Å². The molecule has 0 aliphatic heterocycles. The monoisotopic (exact) mass is 477 g/mol. The van der Waals surface area contributed by atoms with E-state index in [-0.39, 0.29) is 11.5 Å². The molecule has 1 aromatic heterocycles. The number of carbonyl (C=O) groups excluding carboxylic acids is 1. The number of halogens is 2. The van der Waals surface area contributed by atoms with Crippen molar-refractivity contribution in [3.8, 4) is 11.1 Å². The van der Waals surface area contributed by atoms with Crippen LogP contribution in [-0.2, 0) is 11.3 Å². The summed E-state index contributed by atoms with van der Waals surface area (Å²) in [7, 11) is 0. The van der Waals surface area contributed by atoms with Crippen molar-refractivity contribution in [2.45, 2.75) is 32.9 Å². The third kappa shape index (κ3) is 5.95. The molecule has 0 aliphatic rings. The first-order valence-corrected chi connectivity index (χ1v) is 11.7. The van der Waals surface area contributed by atoms with Gasteiger partial charge in [-0.05, 0) is 48.9 Å². The number of rotatable bonds is 11. The van der Waals surface area contributed by atoms with Gasteiger partial charge >= 0.3 is 0 Å². The number of nitrogens with two attached hydrogens (primary N) is 1. The predicted octanol–water partition coefficient (Wildman–Crippen LogP) is 6.10. The highest BCUT2D eigenvalue weighted by molar-refractivity contribution is 5.87. The fraction of sp³-hybridized carbons (Fsp3) is 0.276. The summed E-state index contributed by atoms with van der Waals surface area (Å²) in [4.78, 5) is 14.8. The first-order chi connectivity index (χ1) is 16.7. The van der Waals surface area contributed by atoms with Crippen molar-refractivity contribution in [2.24, 2.45) is 11.1 Å². The average molecular weight is 478 g/mol. The Kier molecular flexibility index (Phi) is 8.41. The largest absolute Gasteiger partial charge is 0.344 e. The molecule has 4 nitrogen and oxygen atoms in total. The number of aromatic nitrogens is 1. The molecule has 184 valence electrons.